The Balaban J connectivity index is 1.60. The lowest BCUT2D eigenvalue weighted by molar-refractivity contribution is -0.122. The first-order valence-corrected chi connectivity index (χ1v) is 8.23. The number of nitrogens with zero attached hydrogens (tertiary/aromatic N) is 1. The molecule has 2 aromatic rings. The van der Waals surface area contributed by atoms with Gasteiger partial charge in [-0.3, -0.25) is 9.59 Å². The molecule has 1 atom stereocenters. The van der Waals surface area contributed by atoms with Crippen LogP contribution in [0.1, 0.15) is 40.4 Å². The van der Waals surface area contributed by atoms with Gasteiger partial charge in [-0.1, -0.05) is 5.16 Å². The maximum absolute atomic E-state index is 12.4. The fraction of sp³-hybridized carbons (Fsp3) is 0.471. The van der Waals surface area contributed by atoms with Crippen molar-refractivity contribution < 1.29 is 23.3 Å². The molecule has 25 heavy (non-hydrogen) atoms. The lowest BCUT2D eigenvalue weighted by atomic mass is 9.91. The summed E-state index contributed by atoms with van der Waals surface area (Å²) >= 11 is 0. The molecule has 134 valence electrons. The quantitative estimate of drug-likeness (QED) is 0.780. The van der Waals surface area contributed by atoms with Gasteiger partial charge in [-0.25, -0.2) is 0 Å². The first kappa shape index (κ1) is 17.2. The number of rotatable bonds is 7. The normalized spacial score (nSPS) is 16.3. The number of ether oxygens (including phenoxy) is 1. The van der Waals surface area contributed by atoms with Crippen LogP contribution in [0, 0.1) is 0 Å². The Morgan fingerprint density at radius 1 is 1.44 bits per heavy atom. The summed E-state index contributed by atoms with van der Waals surface area (Å²) < 4.78 is 15.4. The number of carbonyl (C=O) groups is 2. The van der Waals surface area contributed by atoms with E-state index in [0.29, 0.717) is 37.4 Å². The Morgan fingerprint density at radius 2 is 2.32 bits per heavy atom. The van der Waals surface area contributed by atoms with Crippen LogP contribution >= 0.6 is 0 Å². The molecule has 0 bridgehead atoms. The maximum atomic E-state index is 12.4. The maximum Gasteiger partial charge on any atom is 0.274 e. The Morgan fingerprint density at radius 3 is 3.08 bits per heavy atom. The highest BCUT2D eigenvalue weighted by Crippen LogP contribution is 2.24. The Bertz CT molecular complexity index is 723. The highest BCUT2D eigenvalue weighted by molar-refractivity contribution is 5.93. The van der Waals surface area contributed by atoms with Crippen LogP contribution in [0.5, 0.6) is 0 Å². The molecule has 2 amide bonds. The van der Waals surface area contributed by atoms with E-state index in [1.165, 1.54) is 0 Å². The second-order valence-electron chi connectivity index (χ2n) is 5.94. The molecule has 0 saturated carbocycles. The van der Waals surface area contributed by atoms with Gasteiger partial charge >= 0.3 is 0 Å². The van der Waals surface area contributed by atoms with Gasteiger partial charge in [-0.05, 0) is 25.0 Å². The van der Waals surface area contributed by atoms with Crippen LogP contribution < -0.4 is 10.6 Å². The largest absolute Gasteiger partial charge is 0.467 e. The summed E-state index contributed by atoms with van der Waals surface area (Å²) in [6.07, 6.45) is 3.80. The van der Waals surface area contributed by atoms with E-state index >= 15 is 0 Å². The summed E-state index contributed by atoms with van der Waals surface area (Å²) in [5.74, 6) is 1.00. The standard InChI is InChI=1S/C17H21N3O5/c1-23-8-6-15(21)19-11-4-5-14-13(9-11)16(20-25-14)17(22)18-10-12-3-2-7-24-12/h2-3,7,11H,4-6,8-10H2,1H3,(H,18,22)(H,19,21). The van der Waals surface area contributed by atoms with Crippen molar-refractivity contribution in [2.75, 3.05) is 13.7 Å². The lowest BCUT2D eigenvalue weighted by Crippen LogP contribution is -2.39. The van der Waals surface area contributed by atoms with Crippen LogP contribution in [0.2, 0.25) is 0 Å². The molecule has 0 spiro atoms. The molecule has 0 fully saturated rings. The van der Waals surface area contributed by atoms with Crippen molar-refractivity contribution in [1.82, 2.24) is 15.8 Å². The van der Waals surface area contributed by atoms with Gasteiger partial charge in [-0.2, -0.15) is 0 Å². The number of methoxy groups -OCH3 is 1. The third-order valence-corrected chi connectivity index (χ3v) is 4.16. The molecule has 0 aliphatic heterocycles. The molecule has 8 heteroatoms. The first-order chi connectivity index (χ1) is 12.2. The number of aryl methyl sites for hydroxylation is 1. The van der Waals surface area contributed by atoms with E-state index in [2.05, 4.69) is 15.8 Å². The summed E-state index contributed by atoms with van der Waals surface area (Å²) in [4.78, 5) is 24.2. The summed E-state index contributed by atoms with van der Waals surface area (Å²) in [5.41, 5.74) is 1.04. The highest BCUT2D eigenvalue weighted by atomic mass is 16.5. The van der Waals surface area contributed by atoms with Gasteiger partial charge in [0.05, 0.1) is 19.4 Å². The Hall–Kier alpha value is -2.61. The van der Waals surface area contributed by atoms with E-state index in [0.717, 1.165) is 12.0 Å². The monoisotopic (exact) mass is 347 g/mol. The molecule has 1 aliphatic rings. The third kappa shape index (κ3) is 4.27. The van der Waals surface area contributed by atoms with E-state index in [1.807, 2.05) is 0 Å². The number of hydrogen-bond donors (Lipinski definition) is 2. The number of fused-ring (bicyclic) bond motifs is 1. The van der Waals surface area contributed by atoms with Gasteiger partial charge in [0.25, 0.3) is 5.91 Å². The molecule has 1 aliphatic carbocycles. The molecule has 3 rings (SSSR count). The SMILES string of the molecule is COCCC(=O)NC1CCc2onc(C(=O)NCc3ccco3)c2C1. The fourth-order valence-electron chi connectivity index (χ4n) is 2.86. The lowest BCUT2D eigenvalue weighted by Gasteiger charge is -2.22. The molecular formula is C17H21N3O5. The molecule has 0 aromatic carbocycles. The highest BCUT2D eigenvalue weighted by Gasteiger charge is 2.29. The van der Waals surface area contributed by atoms with Crippen LogP contribution in [0.25, 0.3) is 0 Å². The van der Waals surface area contributed by atoms with E-state index < -0.39 is 0 Å². The van der Waals surface area contributed by atoms with Gasteiger partial charge in [-0.15, -0.1) is 0 Å². The molecule has 2 aromatic heterocycles. The minimum absolute atomic E-state index is 0.0344. The average molecular weight is 347 g/mol. The van der Waals surface area contributed by atoms with Gasteiger partial charge in [0.1, 0.15) is 11.5 Å². The zero-order valence-corrected chi connectivity index (χ0v) is 14.0. The van der Waals surface area contributed by atoms with Crippen LogP contribution in [0.15, 0.2) is 27.3 Å². The topological polar surface area (TPSA) is 107 Å². The number of hydrogen-bond acceptors (Lipinski definition) is 6. The zero-order chi connectivity index (χ0) is 17.6. The summed E-state index contributed by atoms with van der Waals surface area (Å²) in [6.45, 7) is 0.669. The molecule has 0 radical (unpaired) electrons. The van der Waals surface area contributed by atoms with E-state index in [9.17, 15) is 9.59 Å². The molecule has 8 nitrogen and oxygen atoms in total. The molecule has 0 saturated heterocycles. The Labute approximate surface area is 144 Å². The zero-order valence-electron chi connectivity index (χ0n) is 14.0. The van der Waals surface area contributed by atoms with E-state index in [4.69, 9.17) is 13.7 Å². The van der Waals surface area contributed by atoms with Crippen molar-refractivity contribution in [1.29, 1.82) is 0 Å². The second kappa shape index (κ2) is 7.98. The van der Waals surface area contributed by atoms with Crippen LogP contribution in [-0.2, 0) is 28.9 Å². The molecule has 2 N–H and O–H groups in total. The van der Waals surface area contributed by atoms with Crippen molar-refractivity contribution in [2.24, 2.45) is 0 Å². The van der Waals surface area contributed by atoms with Crippen molar-refractivity contribution in [2.45, 2.75) is 38.3 Å². The van der Waals surface area contributed by atoms with E-state index in [1.54, 1.807) is 25.5 Å². The van der Waals surface area contributed by atoms with Crippen molar-refractivity contribution >= 4 is 11.8 Å². The predicted molar refractivity (Wildman–Crippen MR) is 86.8 cm³/mol. The Kier molecular flexibility index (Phi) is 5.49. The third-order valence-electron chi connectivity index (χ3n) is 4.16. The van der Waals surface area contributed by atoms with Crippen molar-refractivity contribution in [3.63, 3.8) is 0 Å². The van der Waals surface area contributed by atoms with Crippen LogP contribution in [-0.4, -0.2) is 36.7 Å². The first-order valence-electron chi connectivity index (χ1n) is 8.23. The smallest absolute Gasteiger partial charge is 0.274 e. The second-order valence-corrected chi connectivity index (χ2v) is 5.94. The molecule has 1 unspecified atom stereocenters. The average Bonchev–Trinajstić information content (AvgIpc) is 3.27. The summed E-state index contributed by atoms with van der Waals surface area (Å²) in [7, 11) is 1.56. The number of furan rings is 1. The van der Waals surface area contributed by atoms with Crippen LogP contribution in [0.3, 0.4) is 0 Å². The predicted octanol–water partition coefficient (Wildman–Crippen LogP) is 1.21. The number of amides is 2. The molecular weight excluding hydrogens is 326 g/mol. The van der Waals surface area contributed by atoms with Crippen molar-refractivity contribution in [3.8, 4) is 0 Å². The number of nitrogens with one attached hydrogen (secondary N) is 2. The molecule has 2 heterocycles. The van der Waals surface area contributed by atoms with Gasteiger partial charge in [0, 0.05) is 31.6 Å². The summed E-state index contributed by atoms with van der Waals surface area (Å²) in [5, 5.41) is 9.64. The van der Waals surface area contributed by atoms with Gasteiger partial charge in [0.15, 0.2) is 5.69 Å². The number of aromatic nitrogens is 1. The van der Waals surface area contributed by atoms with E-state index in [-0.39, 0.29) is 30.1 Å². The van der Waals surface area contributed by atoms with Crippen molar-refractivity contribution in [3.05, 3.63) is 41.2 Å². The van der Waals surface area contributed by atoms with Gasteiger partial charge < -0.3 is 24.3 Å². The minimum Gasteiger partial charge on any atom is -0.467 e. The number of carbonyl (C=O) groups excluding carboxylic acids is 2. The van der Waals surface area contributed by atoms with Gasteiger partial charge in [0.2, 0.25) is 5.91 Å². The van der Waals surface area contributed by atoms with Crippen LogP contribution in [0.4, 0.5) is 0 Å². The fourth-order valence-corrected chi connectivity index (χ4v) is 2.86. The minimum atomic E-state index is -0.312. The summed E-state index contributed by atoms with van der Waals surface area (Å²) in [6, 6.07) is 3.51.